The third kappa shape index (κ3) is 7.47. The second-order valence-corrected chi connectivity index (χ2v) is 16.8. The van der Waals surface area contributed by atoms with Crippen molar-refractivity contribution in [3.8, 4) is 11.5 Å². The minimum absolute atomic E-state index is 0.0369. The molecule has 2 heterocycles. The summed E-state index contributed by atoms with van der Waals surface area (Å²) in [4.78, 5) is 29.2. The summed E-state index contributed by atoms with van der Waals surface area (Å²) in [5.41, 5.74) is 3.48. The van der Waals surface area contributed by atoms with Gasteiger partial charge in [-0.05, 0) is 110 Å². The smallest absolute Gasteiger partial charge is 0.264 e. The van der Waals surface area contributed by atoms with Gasteiger partial charge in [-0.2, -0.15) is 0 Å². The van der Waals surface area contributed by atoms with Crippen molar-refractivity contribution in [3.05, 3.63) is 94.5 Å². The molecule has 1 fully saturated rings. The summed E-state index contributed by atoms with van der Waals surface area (Å²) in [5, 5.41) is 13.5. The largest absolute Gasteiger partial charge is 0.497 e. The molecule has 12 heteroatoms. The highest BCUT2D eigenvalue weighted by atomic mass is 35.5. The lowest BCUT2D eigenvalue weighted by molar-refractivity contribution is -0.116. The third-order valence-electron chi connectivity index (χ3n) is 11.1. The number of hydrogen-bond donors (Lipinski definition) is 3. The average molecular weight is 734 g/mol. The molecule has 10 nitrogen and oxygen atoms in total. The predicted octanol–water partition coefficient (Wildman–Crippen LogP) is 6.02. The van der Waals surface area contributed by atoms with Crippen molar-refractivity contribution >= 4 is 44.8 Å². The Labute approximate surface area is 304 Å². The summed E-state index contributed by atoms with van der Waals surface area (Å²) in [6.45, 7) is 1.74. The van der Waals surface area contributed by atoms with Crippen LogP contribution < -0.4 is 24.4 Å². The maximum Gasteiger partial charge on any atom is 0.264 e. The van der Waals surface area contributed by atoms with Crippen molar-refractivity contribution in [1.82, 2.24) is 4.72 Å². The van der Waals surface area contributed by atoms with Crippen molar-refractivity contribution in [2.75, 3.05) is 37.0 Å². The van der Waals surface area contributed by atoms with Gasteiger partial charge in [0.25, 0.3) is 5.91 Å². The van der Waals surface area contributed by atoms with E-state index in [2.05, 4.69) is 21.0 Å². The molecule has 5 atom stereocenters. The van der Waals surface area contributed by atoms with Crippen LogP contribution in [0.4, 0.5) is 11.4 Å². The molecule has 3 N–H and O–H groups in total. The summed E-state index contributed by atoms with van der Waals surface area (Å²) < 4.78 is 41.7. The van der Waals surface area contributed by atoms with Gasteiger partial charge in [0.15, 0.2) is 0 Å². The number of ether oxygens (including phenoxy) is 2. The van der Waals surface area contributed by atoms with E-state index in [0.29, 0.717) is 48.3 Å². The van der Waals surface area contributed by atoms with Crippen molar-refractivity contribution in [3.63, 3.8) is 0 Å². The molecular weight excluding hydrogens is 690 g/mol. The molecule has 0 radical (unpaired) electrons. The number of halogens is 1. The second-order valence-electron chi connectivity index (χ2n) is 14.4. The van der Waals surface area contributed by atoms with Gasteiger partial charge in [-0.3, -0.25) is 9.59 Å². The first-order valence-corrected chi connectivity index (χ1v) is 19.6. The molecule has 3 aromatic carbocycles. The zero-order valence-electron chi connectivity index (χ0n) is 28.6. The van der Waals surface area contributed by atoms with E-state index in [1.807, 2.05) is 12.1 Å². The summed E-state index contributed by atoms with van der Waals surface area (Å²) in [6.07, 6.45) is 7.54. The fourth-order valence-corrected chi connectivity index (χ4v) is 9.78. The van der Waals surface area contributed by atoms with E-state index in [1.165, 1.54) is 18.2 Å². The van der Waals surface area contributed by atoms with Crippen molar-refractivity contribution < 1.29 is 32.6 Å². The zero-order valence-corrected chi connectivity index (χ0v) is 30.2. The van der Waals surface area contributed by atoms with Gasteiger partial charge in [0.2, 0.25) is 15.9 Å². The van der Waals surface area contributed by atoms with Gasteiger partial charge in [-0.25, -0.2) is 13.1 Å². The van der Waals surface area contributed by atoms with Crippen LogP contribution in [0.1, 0.15) is 66.4 Å². The highest BCUT2D eigenvalue weighted by Gasteiger charge is 2.44. The molecule has 0 saturated heterocycles. The number of aliphatic hydroxyl groups excluding tert-OH is 1. The van der Waals surface area contributed by atoms with Gasteiger partial charge in [0.05, 0.1) is 30.8 Å². The molecule has 0 aromatic heterocycles. The highest BCUT2D eigenvalue weighted by molar-refractivity contribution is 7.90. The lowest BCUT2D eigenvalue weighted by Crippen LogP contribution is -2.49. The molecule has 3 aromatic rings. The van der Waals surface area contributed by atoms with Crippen LogP contribution in [0, 0.1) is 11.8 Å². The molecule has 7 rings (SSSR count). The van der Waals surface area contributed by atoms with Crippen LogP contribution in [0.2, 0.25) is 5.02 Å². The average Bonchev–Trinajstić information content (AvgIpc) is 3.24. The van der Waals surface area contributed by atoms with Gasteiger partial charge in [-0.15, -0.1) is 0 Å². The molecule has 270 valence electrons. The van der Waals surface area contributed by atoms with E-state index >= 15 is 0 Å². The van der Waals surface area contributed by atoms with Crippen LogP contribution >= 0.6 is 11.6 Å². The van der Waals surface area contributed by atoms with E-state index in [1.54, 1.807) is 54.6 Å². The van der Waals surface area contributed by atoms with Gasteiger partial charge in [0.1, 0.15) is 11.5 Å². The lowest BCUT2D eigenvalue weighted by Gasteiger charge is -2.45. The second kappa shape index (κ2) is 14.5. The number of allylic oxidation sites excluding steroid dienone is 1. The number of nitrogens with one attached hydrogen (secondary N) is 2. The van der Waals surface area contributed by atoms with Gasteiger partial charge >= 0.3 is 0 Å². The molecular formula is C39H44ClN3O7S. The molecule has 2 aliphatic carbocycles. The molecule has 0 unspecified atom stereocenters. The number of rotatable bonds is 4. The number of aliphatic hydroxyl groups is 1. The van der Waals surface area contributed by atoms with Crippen LogP contribution in [0.3, 0.4) is 0 Å². The zero-order chi connectivity index (χ0) is 35.8. The number of nitrogens with zero attached hydrogens (tertiary/aromatic N) is 1. The van der Waals surface area contributed by atoms with Crippen molar-refractivity contribution in [2.24, 2.45) is 11.8 Å². The Balaban J connectivity index is 1.20. The fourth-order valence-electron chi connectivity index (χ4n) is 8.23. The van der Waals surface area contributed by atoms with Crippen molar-refractivity contribution in [2.45, 2.75) is 68.1 Å². The Kier molecular flexibility index (Phi) is 10.1. The number of anilines is 2. The first-order valence-electron chi connectivity index (χ1n) is 17.7. The van der Waals surface area contributed by atoms with E-state index < -0.39 is 33.2 Å². The number of sulfonamides is 1. The molecule has 1 spiro atoms. The number of aryl methyl sites for hydroxylation is 1. The first kappa shape index (κ1) is 35.3. The number of benzene rings is 3. The number of fused-ring (bicyclic) bond motifs is 4. The number of carbonyl (C=O) groups is 2. The van der Waals surface area contributed by atoms with E-state index in [9.17, 15) is 23.1 Å². The molecule has 2 bridgehead atoms. The van der Waals surface area contributed by atoms with Gasteiger partial charge in [-0.1, -0.05) is 35.9 Å². The van der Waals surface area contributed by atoms with E-state index in [0.717, 1.165) is 37.8 Å². The summed E-state index contributed by atoms with van der Waals surface area (Å²) in [6, 6.07) is 17.9. The van der Waals surface area contributed by atoms with E-state index in [-0.39, 0.29) is 35.7 Å². The maximum absolute atomic E-state index is 13.8. The summed E-state index contributed by atoms with van der Waals surface area (Å²) in [7, 11) is -2.79. The quantitative estimate of drug-likeness (QED) is 0.278. The van der Waals surface area contributed by atoms with Crippen LogP contribution in [0.25, 0.3) is 0 Å². The summed E-state index contributed by atoms with van der Waals surface area (Å²) >= 11 is 6.41. The van der Waals surface area contributed by atoms with Crippen LogP contribution in [0.15, 0.2) is 72.8 Å². The third-order valence-corrected chi connectivity index (χ3v) is 13.1. The van der Waals surface area contributed by atoms with Crippen molar-refractivity contribution in [1.29, 1.82) is 0 Å². The fraction of sp³-hybridized carbons (Fsp3) is 0.436. The monoisotopic (exact) mass is 733 g/mol. The number of carbonyl (C=O) groups excluding carboxylic acids is 2. The lowest BCUT2D eigenvalue weighted by atomic mass is 9.68. The molecule has 2 amide bonds. The standard InChI is InChI=1S/C39H44ClN3O7S/c1-49-30-8-4-7-29(20-30)41-37(45)21-31-9-2-3-10-35(44)32-14-11-27(32)22-43-23-39(17-5-6-25-18-28(40)13-15-33(25)39)24-50-36-16-12-26(19-34(36)43)38(46)42-51(31,47)48/h3-4,7-8,10,12-13,15-16,18-20,27,31-32,35,44H,2,5-6,9,11,14,17,21-24H2,1H3,(H,41,45)(H,42,46)/b10-3-/t27-,31+,32+,35-,39-/m0/s1. The van der Waals surface area contributed by atoms with Gasteiger partial charge in [0, 0.05) is 47.3 Å². The number of hydrogen-bond acceptors (Lipinski definition) is 8. The van der Waals surface area contributed by atoms with E-state index in [4.69, 9.17) is 21.1 Å². The number of amides is 2. The van der Waals surface area contributed by atoms with Crippen LogP contribution in [0.5, 0.6) is 11.5 Å². The maximum atomic E-state index is 13.8. The van der Waals surface area contributed by atoms with Crippen LogP contribution in [-0.2, 0) is 26.7 Å². The Bertz CT molecular complexity index is 1950. The topological polar surface area (TPSA) is 134 Å². The Morgan fingerprint density at radius 2 is 2.00 bits per heavy atom. The molecule has 2 aliphatic heterocycles. The molecule has 51 heavy (non-hydrogen) atoms. The van der Waals surface area contributed by atoms with Gasteiger partial charge < -0.3 is 24.8 Å². The molecule has 1 saturated carbocycles. The Hall–Kier alpha value is -4.06. The SMILES string of the molecule is COc1cccc(NC(=O)C[C@H]2CC/C=C\[C@H](O)[C@@H]3CC[C@H]3CN3C[C@@]4(CCCc5cc(Cl)ccc54)COc4ccc(cc43)C(=O)NS2(=O)=O)c1. The van der Waals surface area contributed by atoms with Crippen LogP contribution in [-0.4, -0.2) is 63.5 Å². The number of methoxy groups -OCH3 is 1. The minimum atomic E-state index is -4.31. The Morgan fingerprint density at radius 3 is 2.80 bits per heavy atom. The summed E-state index contributed by atoms with van der Waals surface area (Å²) in [5.74, 6) is 0.127. The predicted molar refractivity (Wildman–Crippen MR) is 197 cm³/mol. The first-order chi connectivity index (χ1) is 24.5. The normalized spacial score (nSPS) is 27.7. The Morgan fingerprint density at radius 1 is 1.14 bits per heavy atom. The molecule has 4 aliphatic rings. The minimum Gasteiger partial charge on any atom is -0.497 e. The highest BCUT2D eigenvalue weighted by Crippen LogP contribution is 2.46.